The van der Waals surface area contributed by atoms with Gasteiger partial charge in [-0.05, 0) is 19.3 Å². The minimum Gasteiger partial charge on any atom is -0.381 e. The Bertz CT molecular complexity index is 321. The summed E-state index contributed by atoms with van der Waals surface area (Å²) in [7, 11) is 0. The number of thiazole rings is 1. The van der Waals surface area contributed by atoms with Crippen LogP contribution < -0.4 is 5.32 Å². The van der Waals surface area contributed by atoms with Crippen LogP contribution in [0.5, 0.6) is 0 Å². The first-order valence-corrected chi connectivity index (χ1v) is 6.52. The van der Waals surface area contributed by atoms with Crippen molar-refractivity contribution in [2.24, 2.45) is 0 Å². The predicted octanol–water partition coefficient (Wildman–Crippen LogP) is 1.68. The van der Waals surface area contributed by atoms with Crippen LogP contribution in [0, 0.1) is 0 Å². The Morgan fingerprint density at radius 2 is 2.20 bits per heavy atom. The maximum absolute atomic E-state index is 5.39. The van der Waals surface area contributed by atoms with Gasteiger partial charge in [-0.3, -0.25) is 0 Å². The second-order valence-electron chi connectivity index (χ2n) is 4.24. The van der Waals surface area contributed by atoms with E-state index in [0.29, 0.717) is 5.92 Å². The molecule has 0 radical (unpaired) electrons. The monoisotopic (exact) mass is 224 g/mol. The van der Waals surface area contributed by atoms with Crippen molar-refractivity contribution in [1.82, 2.24) is 10.3 Å². The van der Waals surface area contributed by atoms with Crippen LogP contribution in [0.3, 0.4) is 0 Å². The summed E-state index contributed by atoms with van der Waals surface area (Å²) in [5, 5.41) is 4.73. The lowest BCUT2D eigenvalue weighted by Crippen LogP contribution is -2.22. The van der Waals surface area contributed by atoms with Crippen molar-refractivity contribution in [3.8, 4) is 0 Å². The highest BCUT2D eigenvalue weighted by atomic mass is 32.1. The van der Waals surface area contributed by atoms with E-state index in [-0.39, 0.29) is 0 Å². The van der Waals surface area contributed by atoms with Crippen molar-refractivity contribution in [1.29, 1.82) is 0 Å². The number of aromatic nitrogens is 1. The van der Waals surface area contributed by atoms with Crippen molar-refractivity contribution in [2.75, 3.05) is 19.8 Å². The molecule has 0 aliphatic carbocycles. The molecule has 3 rings (SSSR count). The second-order valence-corrected chi connectivity index (χ2v) is 5.35. The van der Waals surface area contributed by atoms with E-state index in [1.54, 1.807) is 0 Å². The van der Waals surface area contributed by atoms with Crippen LogP contribution in [0.4, 0.5) is 0 Å². The van der Waals surface area contributed by atoms with Gasteiger partial charge in [0, 0.05) is 37.1 Å². The predicted molar refractivity (Wildman–Crippen MR) is 60.3 cm³/mol. The quantitative estimate of drug-likeness (QED) is 0.788. The average Bonchev–Trinajstić information content (AvgIpc) is 2.74. The molecule has 2 aliphatic rings. The summed E-state index contributed by atoms with van der Waals surface area (Å²) in [6.07, 6.45) is 3.47. The van der Waals surface area contributed by atoms with E-state index >= 15 is 0 Å². The summed E-state index contributed by atoms with van der Waals surface area (Å²) in [6, 6.07) is 0. The van der Waals surface area contributed by atoms with Gasteiger partial charge in [0.2, 0.25) is 0 Å². The molecule has 0 bridgehead atoms. The Hall–Kier alpha value is -0.450. The van der Waals surface area contributed by atoms with Crippen molar-refractivity contribution >= 4 is 11.3 Å². The SMILES string of the molecule is C1Cc2sc(C3CCOCC3)nc2CN1. The molecular formula is C11H16N2OS. The fraction of sp³-hybridized carbons (Fsp3) is 0.727. The number of hydrogen-bond donors (Lipinski definition) is 1. The molecule has 2 aliphatic heterocycles. The Labute approximate surface area is 93.9 Å². The maximum atomic E-state index is 5.39. The molecular weight excluding hydrogens is 208 g/mol. The van der Waals surface area contributed by atoms with Gasteiger partial charge in [0.15, 0.2) is 0 Å². The lowest BCUT2D eigenvalue weighted by Gasteiger charge is -2.19. The molecule has 82 valence electrons. The number of fused-ring (bicyclic) bond motifs is 1. The summed E-state index contributed by atoms with van der Waals surface area (Å²) in [5.74, 6) is 0.661. The van der Waals surface area contributed by atoms with Crippen LogP contribution >= 0.6 is 11.3 Å². The van der Waals surface area contributed by atoms with E-state index < -0.39 is 0 Å². The molecule has 1 N–H and O–H groups in total. The zero-order chi connectivity index (χ0) is 10.1. The molecule has 1 aromatic heterocycles. The van der Waals surface area contributed by atoms with Gasteiger partial charge < -0.3 is 10.1 Å². The Balaban J connectivity index is 1.82. The van der Waals surface area contributed by atoms with Gasteiger partial charge in [0.05, 0.1) is 10.7 Å². The first-order chi connectivity index (χ1) is 7.43. The highest BCUT2D eigenvalue weighted by molar-refractivity contribution is 7.11. The van der Waals surface area contributed by atoms with Crippen molar-refractivity contribution in [3.05, 3.63) is 15.6 Å². The number of nitrogens with one attached hydrogen (secondary N) is 1. The summed E-state index contributed by atoms with van der Waals surface area (Å²) in [6.45, 7) is 3.90. The fourth-order valence-corrected chi connectivity index (χ4v) is 3.52. The van der Waals surface area contributed by atoms with Gasteiger partial charge in [-0.15, -0.1) is 11.3 Å². The first-order valence-electron chi connectivity index (χ1n) is 5.70. The molecule has 0 amide bonds. The summed E-state index contributed by atoms with van der Waals surface area (Å²) in [4.78, 5) is 6.28. The minimum absolute atomic E-state index is 0.661. The molecule has 1 aromatic rings. The average molecular weight is 224 g/mol. The molecule has 1 saturated heterocycles. The molecule has 3 heterocycles. The zero-order valence-corrected chi connectivity index (χ0v) is 9.61. The van der Waals surface area contributed by atoms with Crippen LogP contribution in [0.15, 0.2) is 0 Å². The number of hydrogen-bond acceptors (Lipinski definition) is 4. The van der Waals surface area contributed by atoms with Gasteiger partial charge in [-0.1, -0.05) is 0 Å². The molecule has 1 fully saturated rings. The van der Waals surface area contributed by atoms with E-state index in [4.69, 9.17) is 9.72 Å². The lowest BCUT2D eigenvalue weighted by molar-refractivity contribution is 0.0852. The van der Waals surface area contributed by atoms with E-state index in [1.807, 2.05) is 11.3 Å². The van der Waals surface area contributed by atoms with Crippen molar-refractivity contribution in [3.63, 3.8) is 0 Å². The van der Waals surface area contributed by atoms with Crippen LogP contribution in [-0.4, -0.2) is 24.7 Å². The third-order valence-electron chi connectivity index (χ3n) is 3.19. The Morgan fingerprint density at radius 3 is 3.00 bits per heavy atom. The van der Waals surface area contributed by atoms with E-state index in [9.17, 15) is 0 Å². The van der Waals surface area contributed by atoms with Crippen molar-refractivity contribution in [2.45, 2.75) is 31.7 Å². The van der Waals surface area contributed by atoms with Crippen molar-refractivity contribution < 1.29 is 4.74 Å². The second kappa shape index (κ2) is 4.20. The number of nitrogens with zero attached hydrogens (tertiary/aromatic N) is 1. The zero-order valence-electron chi connectivity index (χ0n) is 8.79. The van der Waals surface area contributed by atoms with Gasteiger partial charge in [0.1, 0.15) is 0 Å². The maximum Gasteiger partial charge on any atom is 0.0964 e. The Morgan fingerprint density at radius 1 is 1.33 bits per heavy atom. The van der Waals surface area contributed by atoms with E-state index in [1.165, 1.54) is 15.6 Å². The van der Waals surface area contributed by atoms with Gasteiger partial charge in [-0.2, -0.15) is 0 Å². The van der Waals surface area contributed by atoms with Crippen LogP contribution in [0.25, 0.3) is 0 Å². The fourth-order valence-electron chi connectivity index (χ4n) is 2.26. The molecule has 0 saturated carbocycles. The highest BCUT2D eigenvalue weighted by Crippen LogP contribution is 2.32. The molecule has 0 spiro atoms. The largest absolute Gasteiger partial charge is 0.381 e. The number of rotatable bonds is 1. The van der Waals surface area contributed by atoms with E-state index in [2.05, 4.69) is 5.32 Å². The van der Waals surface area contributed by atoms with Gasteiger partial charge >= 0.3 is 0 Å². The number of ether oxygens (including phenoxy) is 1. The lowest BCUT2D eigenvalue weighted by atomic mass is 10.0. The minimum atomic E-state index is 0.661. The summed E-state index contributed by atoms with van der Waals surface area (Å²) >= 11 is 1.94. The van der Waals surface area contributed by atoms with Crippen LogP contribution in [0.1, 0.15) is 34.3 Å². The van der Waals surface area contributed by atoms with Gasteiger partial charge in [-0.25, -0.2) is 4.98 Å². The summed E-state index contributed by atoms with van der Waals surface area (Å²) < 4.78 is 5.39. The van der Waals surface area contributed by atoms with E-state index in [0.717, 1.165) is 45.6 Å². The molecule has 0 atom stereocenters. The summed E-state index contributed by atoms with van der Waals surface area (Å²) in [5.41, 5.74) is 1.30. The van der Waals surface area contributed by atoms with Crippen LogP contribution in [-0.2, 0) is 17.7 Å². The molecule has 3 nitrogen and oxygen atoms in total. The normalized spacial score (nSPS) is 22.7. The Kier molecular flexibility index (Phi) is 2.73. The molecule has 0 unspecified atom stereocenters. The van der Waals surface area contributed by atoms with Crippen LogP contribution in [0.2, 0.25) is 0 Å². The molecule has 0 aromatic carbocycles. The molecule has 4 heteroatoms. The smallest absolute Gasteiger partial charge is 0.0964 e. The highest BCUT2D eigenvalue weighted by Gasteiger charge is 2.22. The van der Waals surface area contributed by atoms with Gasteiger partial charge in [0.25, 0.3) is 0 Å². The third kappa shape index (κ3) is 1.94. The topological polar surface area (TPSA) is 34.1 Å². The first kappa shape index (κ1) is 9.75. The third-order valence-corrected chi connectivity index (χ3v) is 4.51. The standard InChI is InChI=1S/C11H16N2OS/c1-4-12-7-9-10(1)15-11(13-9)8-2-5-14-6-3-8/h8,12H,1-7H2. The molecule has 15 heavy (non-hydrogen) atoms.